The van der Waals surface area contributed by atoms with Crippen molar-refractivity contribution in [2.75, 3.05) is 23.8 Å². The average Bonchev–Trinajstić information content (AvgIpc) is 2.67. The minimum atomic E-state index is -0.412. The number of carbonyl (C=O) groups excluding carboxylic acids is 1. The highest BCUT2D eigenvalue weighted by molar-refractivity contribution is 6.03. The Hall–Kier alpha value is -3.35. The maximum absolute atomic E-state index is 13.2. The van der Waals surface area contributed by atoms with E-state index in [0.29, 0.717) is 17.2 Å². The maximum atomic E-state index is 13.2. The minimum absolute atomic E-state index is 0.306. The molecule has 0 saturated carbocycles. The second kappa shape index (κ2) is 8.15. The molecular weight excluding hydrogens is 333 g/mol. The average molecular weight is 351 g/mol. The highest BCUT2D eigenvalue weighted by atomic mass is 19.1. The van der Waals surface area contributed by atoms with Crippen LogP contribution in [0.25, 0.3) is 0 Å². The Morgan fingerprint density at radius 1 is 1.15 bits per heavy atom. The molecule has 1 aromatic carbocycles. The molecule has 0 radical (unpaired) electrons. The highest BCUT2D eigenvalue weighted by Crippen LogP contribution is 2.12. The molecule has 3 rings (SSSR count). The SMILES string of the molecule is CN(CCc1ccncc1)c1ncc(C(=O)Nc2cccc(F)c2)cn1. The fraction of sp³-hybridized carbons (Fsp3) is 0.158. The molecule has 2 heterocycles. The van der Waals surface area contributed by atoms with Gasteiger partial charge in [0.25, 0.3) is 5.91 Å². The molecule has 1 N–H and O–H groups in total. The number of likely N-dealkylation sites (N-methyl/N-ethyl adjacent to an activating group) is 1. The van der Waals surface area contributed by atoms with Crippen molar-refractivity contribution < 1.29 is 9.18 Å². The first-order valence-electron chi connectivity index (χ1n) is 8.11. The summed E-state index contributed by atoms with van der Waals surface area (Å²) in [6.07, 6.45) is 7.28. The Bertz CT molecular complexity index is 871. The van der Waals surface area contributed by atoms with Crippen molar-refractivity contribution in [2.45, 2.75) is 6.42 Å². The minimum Gasteiger partial charge on any atom is -0.344 e. The largest absolute Gasteiger partial charge is 0.344 e. The molecule has 26 heavy (non-hydrogen) atoms. The molecular formula is C19H18FN5O. The normalized spacial score (nSPS) is 10.4. The lowest BCUT2D eigenvalue weighted by molar-refractivity contribution is 0.102. The van der Waals surface area contributed by atoms with Crippen LogP contribution in [0.15, 0.2) is 61.2 Å². The fourth-order valence-electron chi connectivity index (χ4n) is 2.35. The van der Waals surface area contributed by atoms with E-state index in [1.807, 2.05) is 24.1 Å². The third-order valence-corrected chi connectivity index (χ3v) is 3.81. The topological polar surface area (TPSA) is 71.0 Å². The molecule has 0 aliphatic heterocycles. The maximum Gasteiger partial charge on any atom is 0.258 e. The van der Waals surface area contributed by atoms with Crippen LogP contribution in [0.5, 0.6) is 0 Å². The van der Waals surface area contributed by atoms with Gasteiger partial charge in [-0.25, -0.2) is 14.4 Å². The number of nitrogens with zero attached hydrogens (tertiary/aromatic N) is 4. The Balaban J connectivity index is 1.59. The van der Waals surface area contributed by atoms with E-state index in [1.165, 1.54) is 36.2 Å². The molecule has 7 heteroatoms. The van der Waals surface area contributed by atoms with Crippen molar-refractivity contribution in [3.63, 3.8) is 0 Å². The third kappa shape index (κ3) is 4.60. The van der Waals surface area contributed by atoms with E-state index in [-0.39, 0.29) is 5.91 Å². The molecule has 0 saturated heterocycles. The molecule has 1 amide bonds. The fourth-order valence-corrected chi connectivity index (χ4v) is 2.35. The standard InChI is InChI=1S/C19H18FN5O/c1-25(10-7-14-5-8-21-9-6-14)19-22-12-15(13-23-19)18(26)24-17-4-2-3-16(20)11-17/h2-6,8-9,11-13H,7,10H2,1H3,(H,24,26). The number of hydrogen-bond donors (Lipinski definition) is 1. The number of amides is 1. The van der Waals surface area contributed by atoms with Crippen molar-refractivity contribution in [3.05, 3.63) is 78.1 Å². The van der Waals surface area contributed by atoms with E-state index in [1.54, 1.807) is 18.5 Å². The van der Waals surface area contributed by atoms with Crippen LogP contribution in [-0.4, -0.2) is 34.5 Å². The van der Waals surface area contributed by atoms with Gasteiger partial charge >= 0.3 is 0 Å². The van der Waals surface area contributed by atoms with Gasteiger partial charge in [0.15, 0.2) is 0 Å². The summed E-state index contributed by atoms with van der Waals surface area (Å²) >= 11 is 0. The number of halogens is 1. The summed E-state index contributed by atoms with van der Waals surface area (Å²) < 4.78 is 13.2. The molecule has 0 aliphatic rings. The Kier molecular flexibility index (Phi) is 5.48. The van der Waals surface area contributed by atoms with E-state index < -0.39 is 5.82 Å². The summed E-state index contributed by atoms with van der Waals surface area (Å²) in [4.78, 5) is 26.6. The summed E-state index contributed by atoms with van der Waals surface area (Å²) in [5, 5.41) is 2.62. The van der Waals surface area contributed by atoms with Crippen LogP contribution in [0.2, 0.25) is 0 Å². The van der Waals surface area contributed by atoms with E-state index in [9.17, 15) is 9.18 Å². The molecule has 0 atom stereocenters. The zero-order valence-corrected chi connectivity index (χ0v) is 14.3. The van der Waals surface area contributed by atoms with Gasteiger partial charge in [-0.05, 0) is 42.3 Å². The van der Waals surface area contributed by atoms with Crippen molar-refractivity contribution >= 4 is 17.5 Å². The molecule has 0 fully saturated rings. The summed E-state index contributed by atoms with van der Waals surface area (Å²) in [7, 11) is 1.89. The van der Waals surface area contributed by atoms with Crippen molar-refractivity contribution in [3.8, 4) is 0 Å². The molecule has 132 valence electrons. The van der Waals surface area contributed by atoms with Crippen LogP contribution in [0.1, 0.15) is 15.9 Å². The van der Waals surface area contributed by atoms with Crippen LogP contribution < -0.4 is 10.2 Å². The van der Waals surface area contributed by atoms with Gasteiger partial charge in [-0.15, -0.1) is 0 Å². The molecule has 3 aromatic rings. The first kappa shape index (κ1) is 17.5. The number of rotatable bonds is 6. The number of hydrogen-bond acceptors (Lipinski definition) is 5. The number of carbonyl (C=O) groups is 1. The lowest BCUT2D eigenvalue weighted by atomic mass is 10.2. The van der Waals surface area contributed by atoms with Crippen molar-refractivity contribution in [2.24, 2.45) is 0 Å². The molecule has 0 unspecified atom stereocenters. The predicted molar refractivity (Wildman–Crippen MR) is 97.6 cm³/mol. The molecule has 6 nitrogen and oxygen atoms in total. The summed E-state index contributed by atoms with van der Waals surface area (Å²) in [5.74, 6) is -0.270. The van der Waals surface area contributed by atoms with Gasteiger partial charge in [0.1, 0.15) is 5.82 Å². The second-order valence-electron chi connectivity index (χ2n) is 5.76. The second-order valence-corrected chi connectivity index (χ2v) is 5.76. The highest BCUT2D eigenvalue weighted by Gasteiger charge is 2.10. The number of pyridine rings is 1. The van der Waals surface area contributed by atoms with Crippen LogP contribution in [-0.2, 0) is 6.42 Å². The van der Waals surface area contributed by atoms with Gasteiger partial charge in [-0.2, -0.15) is 0 Å². The smallest absolute Gasteiger partial charge is 0.258 e. The van der Waals surface area contributed by atoms with Crippen molar-refractivity contribution in [1.82, 2.24) is 15.0 Å². The Morgan fingerprint density at radius 3 is 2.58 bits per heavy atom. The monoisotopic (exact) mass is 351 g/mol. The number of aromatic nitrogens is 3. The van der Waals surface area contributed by atoms with Crippen LogP contribution in [0, 0.1) is 5.82 Å². The van der Waals surface area contributed by atoms with Crippen LogP contribution in [0.4, 0.5) is 16.0 Å². The number of anilines is 2. The van der Waals surface area contributed by atoms with Gasteiger partial charge in [0, 0.05) is 44.1 Å². The number of nitrogens with one attached hydrogen (secondary N) is 1. The van der Waals surface area contributed by atoms with E-state index in [0.717, 1.165) is 13.0 Å². The van der Waals surface area contributed by atoms with E-state index in [2.05, 4.69) is 20.3 Å². The van der Waals surface area contributed by atoms with E-state index in [4.69, 9.17) is 0 Å². The van der Waals surface area contributed by atoms with Gasteiger partial charge in [0.2, 0.25) is 5.95 Å². The Labute approximate surface area is 150 Å². The molecule has 0 bridgehead atoms. The van der Waals surface area contributed by atoms with Gasteiger partial charge in [-0.1, -0.05) is 6.07 Å². The zero-order chi connectivity index (χ0) is 18.4. The summed E-state index contributed by atoms with van der Waals surface area (Å²) in [6.45, 7) is 0.735. The lowest BCUT2D eigenvalue weighted by Gasteiger charge is -2.16. The van der Waals surface area contributed by atoms with Gasteiger partial charge in [-0.3, -0.25) is 9.78 Å². The lowest BCUT2D eigenvalue weighted by Crippen LogP contribution is -2.23. The summed E-state index contributed by atoms with van der Waals surface area (Å²) in [6, 6.07) is 9.64. The molecule has 0 aliphatic carbocycles. The van der Waals surface area contributed by atoms with Crippen LogP contribution in [0.3, 0.4) is 0 Å². The summed E-state index contributed by atoms with van der Waals surface area (Å²) in [5.41, 5.74) is 1.87. The van der Waals surface area contributed by atoms with Gasteiger partial charge < -0.3 is 10.2 Å². The van der Waals surface area contributed by atoms with E-state index >= 15 is 0 Å². The first-order chi connectivity index (χ1) is 12.6. The molecule has 0 spiro atoms. The third-order valence-electron chi connectivity index (χ3n) is 3.81. The number of benzene rings is 1. The van der Waals surface area contributed by atoms with Gasteiger partial charge in [0.05, 0.1) is 5.56 Å². The Morgan fingerprint density at radius 2 is 1.88 bits per heavy atom. The predicted octanol–water partition coefficient (Wildman–Crippen LogP) is 2.94. The first-order valence-corrected chi connectivity index (χ1v) is 8.11. The van der Waals surface area contributed by atoms with Crippen LogP contribution >= 0.6 is 0 Å². The van der Waals surface area contributed by atoms with Crippen molar-refractivity contribution in [1.29, 1.82) is 0 Å². The zero-order valence-electron chi connectivity index (χ0n) is 14.3. The quantitative estimate of drug-likeness (QED) is 0.739. The molecule has 2 aromatic heterocycles.